The van der Waals surface area contributed by atoms with Crippen molar-refractivity contribution in [2.24, 2.45) is 11.7 Å². The Kier molecular flexibility index (Phi) is 4.91. The highest BCUT2D eigenvalue weighted by atomic mass is 32.2. The van der Waals surface area contributed by atoms with Crippen LogP contribution in [0.25, 0.3) is 6.08 Å². The van der Waals surface area contributed by atoms with Crippen LogP contribution in [0.4, 0.5) is 0 Å². The second kappa shape index (κ2) is 6.46. The van der Waals surface area contributed by atoms with Gasteiger partial charge in [-0.2, -0.15) is 0 Å². The highest BCUT2D eigenvalue weighted by molar-refractivity contribution is 7.83. The molecule has 1 aliphatic carbocycles. The van der Waals surface area contributed by atoms with Gasteiger partial charge in [-0.15, -0.1) is 0 Å². The molecule has 104 valence electrons. The molecule has 1 aliphatic rings. The average molecular weight is 278 g/mol. The van der Waals surface area contributed by atoms with E-state index in [1.807, 2.05) is 32.0 Å². The van der Waals surface area contributed by atoms with Gasteiger partial charge in [0.2, 0.25) is 0 Å². The van der Waals surface area contributed by atoms with E-state index in [0.717, 1.165) is 21.9 Å². The van der Waals surface area contributed by atoms with E-state index in [2.05, 4.69) is 16.9 Å². The van der Waals surface area contributed by atoms with Gasteiger partial charge in [0.15, 0.2) is 0 Å². The third kappa shape index (κ3) is 4.00. The van der Waals surface area contributed by atoms with Crippen molar-refractivity contribution in [1.29, 1.82) is 0 Å². The molecule has 0 radical (unpaired) electrons. The Bertz CT molecular complexity index is 493. The standard InChI is InChI=1S/C15H22N2OS/c1-3-17-19(18)14-9-8-13(7-6-12-4-5-12)15(10-14)11(2)16/h6-12,17H,3-5,16H2,1-2H3/b7-6+/t11-,19?/m1/s1. The van der Waals surface area contributed by atoms with Gasteiger partial charge in [0.25, 0.3) is 0 Å². The molecule has 0 saturated heterocycles. The molecule has 1 aromatic rings. The minimum atomic E-state index is -1.15. The summed E-state index contributed by atoms with van der Waals surface area (Å²) in [6.07, 6.45) is 7.00. The van der Waals surface area contributed by atoms with Crippen LogP contribution in [0.1, 0.15) is 43.9 Å². The zero-order valence-electron chi connectivity index (χ0n) is 11.6. The van der Waals surface area contributed by atoms with Crippen molar-refractivity contribution in [1.82, 2.24) is 4.72 Å². The molecular weight excluding hydrogens is 256 g/mol. The van der Waals surface area contributed by atoms with Crippen molar-refractivity contribution in [3.63, 3.8) is 0 Å². The van der Waals surface area contributed by atoms with Gasteiger partial charge < -0.3 is 5.73 Å². The van der Waals surface area contributed by atoms with Crippen molar-refractivity contribution < 1.29 is 4.21 Å². The van der Waals surface area contributed by atoms with E-state index < -0.39 is 11.0 Å². The van der Waals surface area contributed by atoms with E-state index in [1.54, 1.807) is 0 Å². The van der Waals surface area contributed by atoms with Gasteiger partial charge in [0, 0.05) is 12.6 Å². The average Bonchev–Trinajstić information content (AvgIpc) is 3.20. The van der Waals surface area contributed by atoms with Crippen LogP contribution in [-0.2, 0) is 11.0 Å². The second-order valence-electron chi connectivity index (χ2n) is 5.04. The normalized spacial score (nSPS) is 18.7. The molecular formula is C15H22N2OS. The molecule has 1 aromatic carbocycles. The summed E-state index contributed by atoms with van der Waals surface area (Å²) >= 11 is 0. The third-order valence-corrected chi connectivity index (χ3v) is 4.44. The molecule has 0 aliphatic heterocycles. The maximum atomic E-state index is 11.9. The SMILES string of the molecule is CCNS(=O)c1ccc(/C=C/C2CC2)c([C@@H](C)N)c1. The first kappa shape index (κ1) is 14.4. The third-order valence-electron chi connectivity index (χ3n) is 3.21. The Morgan fingerprint density at radius 3 is 2.84 bits per heavy atom. The lowest BCUT2D eigenvalue weighted by Crippen LogP contribution is -2.17. The molecule has 3 nitrogen and oxygen atoms in total. The summed E-state index contributed by atoms with van der Waals surface area (Å²) in [4.78, 5) is 0.790. The van der Waals surface area contributed by atoms with Crippen molar-refractivity contribution in [2.75, 3.05) is 6.54 Å². The van der Waals surface area contributed by atoms with Crippen LogP contribution in [0.3, 0.4) is 0 Å². The minimum Gasteiger partial charge on any atom is -0.324 e. The van der Waals surface area contributed by atoms with Crippen molar-refractivity contribution in [3.8, 4) is 0 Å². The van der Waals surface area contributed by atoms with E-state index >= 15 is 0 Å². The van der Waals surface area contributed by atoms with Crippen LogP contribution in [0.5, 0.6) is 0 Å². The van der Waals surface area contributed by atoms with E-state index in [0.29, 0.717) is 6.54 Å². The molecule has 0 amide bonds. The number of hydrogen-bond donors (Lipinski definition) is 2. The highest BCUT2D eigenvalue weighted by Crippen LogP contribution is 2.31. The summed E-state index contributed by atoms with van der Waals surface area (Å²) in [7, 11) is -1.15. The summed E-state index contributed by atoms with van der Waals surface area (Å²) in [5.41, 5.74) is 8.22. The fourth-order valence-electron chi connectivity index (χ4n) is 1.96. The Balaban J connectivity index is 2.26. The van der Waals surface area contributed by atoms with Crippen LogP contribution in [0.15, 0.2) is 29.2 Å². The van der Waals surface area contributed by atoms with Crippen LogP contribution in [0.2, 0.25) is 0 Å². The van der Waals surface area contributed by atoms with Gasteiger partial charge >= 0.3 is 0 Å². The topological polar surface area (TPSA) is 55.1 Å². The fourth-order valence-corrected chi connectivity index (χ4v) is 2.81. The van der Waals surface area contributed by atoms with E-state index in [9.17, 15) is 4.21 Å². The maximum Gasteiger partial charge on any atom is 0.124 e. The van der Waals surface area contributed by atoms with Gasteiger partial charge in [-0.3, -0.25) is 0 Å². The Morgan fingerprint density at radius 1 is 1.53 bits per heavy atom. The van der Waals surface area contributed by atoms with Crippen molar-refractivity contribution in [2.45, 2.75) is 37.6 Å². The molecule has 0 aromatic heterocycles. The molecule has 1 unspecified atom stereocenters. The van der Waals surface area contributed by atoms with E-state index in [1.165, 1.54) is 12.8 Å². The van der Waals surface area contributed by atoms with Gasteiger partial charge in [-0.05, 0) is 48.9 Å². The Labute approximate surface area is 117 Å². The van der Waals surface area contributed by atoms with Gasteiger partial charge in [-0.1, -0.05) is 25.1 Å². The van der Waals surface area contributed by atoms with Crippen LogP contribution in [-0.4, -0.2) is 10.8 Å². The molecule has 1 fully saturated rings. The Morgan fingerprint density at radius 2 is 2.26 bits per heavy atom. The number of hydrogen-bond acceptors (Lipinski definition) is 2. The van der Waals surface area contributed by atoms with Crippen LogP contribution < -0.4 is 10.5 Å². The zero-order chi connectivity index (χ0) is 13.8. The molecule has 3 N–H and O–H groups in total. The summed E-state index contributed by atoms with van der Waals surface area (Å²) in [6, 6.07) is 5.83. The van der Waals surface area contributed by atoms with Crippen LogP contribution >= 0.6 is 0 Å². The highest BCUT2D eigenvalue weighted by Gasteiger charge is 2.17. The quantitative estimate of drug-likeness (QED) is 0.840. The maximum absolute atomic E-state index is 11.9. The molecule has 19 heavy (non-hydrogen) atoms. The lowest BCUT2D eigenvalue weighted by atomic mass is 10.0. The Hall–Kier alpha value is -0.970. The molecule has 1 saturated carbocycles. The number of benzene rings is 1. The molecule has 2 atom stereocenters. The molecule has 2 rings (SSSR count). The number of allylic oxidation sites excluding steroid dienone is 1. The largest absolute Gasteiger partial charge is 0.324 e. The van der Waals surface area contributed by atoms with Gasteiger partial charge in [-0.25, -0.2) is 8.93 Å². The lowest BCUT2D eigenvalue weighted by Gasteiger charge is -2.12. The number of nitrogens with one attached hydrogen (secondary N) is 1. The van der Waals surface area contributed by atoms with Gasteiger partial charge in [0.1, 0.15) is 11.0 Å². The van der Waals surface area contributed by atoms with E-state index in [-0.39, 0.29) is 6.04 Å². The van der Waals surface area contributed by atoms with E-state index in [4.69, 9.17) is 5.73 Å². The van der Waals surface area contributed by atoms with Crippen molar-refractivity contribution in [3.05, 3.63) is 35.4 Å². The first-order valence-corrected chi connectivity index (χ1v) is 7.99. The summed E-state index contributed by atoms with van der Waals surface area (Å²) < 4.78 is 14.9. The van der Waals surface area contributed by atoms with Crippen molar-refractivity contribution >= 4 is 17.1 Å². The van der Waals surface area contributed by atoms with Crippen LogP contribution in [0, 0.1) is 5.92 Å². The molecule has 4 heteroatoms. The summed E-state index contributed by atoms with van der Waals surface area (Å²) in [5.74, 6) is 0.747. The minimum absolute atomic E-state index is 0.0579. The molecule has 0 heterocycles. The monoisotopic (exact) mass is 278 g/mol. The molecule has 0 bridgehead atoms. The first-order valence-electron chi connectivity index (χ1n) is 6.84. The number of rotatable bonds is 6. The lowest BCUT2D eigenvalue weighted by molar-refractivity contribution is 0.673. The molecule has 0 spiro atoms. The predicted octanol–water partition coefficient (Wildman–Crippen LogP) is 2.76. The smallest absolute Gasteiger partial charge is 0.124 e. The van der Waals surface area contributed by atoms with Gasteiger partial charge in [0.05, 0.1) is 4.90 Å². The number of nitrogens with two attached hydrogens (primary N) is 1. The summed E-state index contributed by atoms with van der Waals surface area (Å²) in [5, 5.41) is 0. The first-order chi connectivity index (χ1) is 9.11. The summed E-state index contributed by atoms with van der Waals surface area (Å²) in [6.45, 7) is 4.59. The predicted molar refractivity (Wildman–Crippen MR) is 80.9 cm³/mol. The fraction of sp³-hybridized carbons (Fsp3) is 0.467. The second-order valence-corrected chi connectivity index (χ2v) is 6.34. The zero-order valence-corrected chi connectivity index (χ0v) is 12.4.